The third-order valence-corrected chi connectivity index (χ3v) is 3.17. The Labute approximate surface area is 110 Å². The molecular formula is C12H16ClNO4. The minimum Gasteiger partial charge on any atom is -0.388 e. The summed E-state index contributed by atoms with van der Waals surface area (Å²) < 4.78 is 5.22. The largest absolute Gasteiger partial charge is 0.388 e. The van der Waals surface area contributed by atoms with Crippen molar-refractivity contribution in [2.75, 3.05) is 6.61 Å². The van der Waals surface area contributed by atoms with Crippen LogP contribution >= 0.6 is 11.6 Å². The van der Waals surface area contributed by atoms with Crippen molar-refractivity contribution < 1.29 is 20.1 Å². The van der Waals surface area contributed by atoms with Gasteiger partial charge in [-0.3, -0.25) is 5.32 Å². The molecule has 2 rings (SSSR count). The molecule has 0 radical (unpaired) electrons. The minimum absolute atomic E-state index is 0.00346. The van der Waals surface area contributed by atoms with Crippen LogP contribution in [-0.2, 0) is 11.3 Å². The van der Waals surface area contributed by atoms with Gasteiger partial charge in [0, 0.05) is 11.6 Å². The van der Waals surface area contributed by atoms with Gasteiger partial charge in [0.25, 0.3) is 0 Å². The molecule has 4 N–H and O–H groups in total. The van der Waals surface area contributed by atoms with E-state index in [9.17, 15) is 15.3 Å². The lowest BCUT2D eigenvalue weighted by Crippen LogP contribution is -2.57. The molecule has 0 amide bonds. The lowest BCUT2D eigenvalue weighted by molar-refractivity contribution is -0.195. The maximum absolute atomic E-state index is 9.71. The van der Waals surface area contributed by atoms with Crippen molar-refractivity contribution in [3.05, 3.63) is 34.9 Å². The number of aliphatic hydroxyl groups is 3. The van der Waals surface area contributed by atoms with Crippen molar-refractivity contribution in [3.63, 3.8) is 0 Å². The summed E-state index contributed by atoms with van der Waals surface area (Å²) in [7, 11) is 0. The molecule has 1 aliphatic heterocycles. The topological polar surface area (TPSA) is 82.0 Å². The molecule has 1 aliphatic rings. The van der Waals surface area contributed by atoms with E-state index in [1.807, 2.05) is 12.1 Å². The molecule has 4 atom stereocenters. The number of nitrogens with one attached hydrogen (secondary N) is 1. The zero-order valence-corrected chi connectivity index (χ0v) is 10.4. The smallest absolute Gasteiger partial charge is 0.137 e. The fraction of sp³-hybridized carbons (Fsp3) is 0.500. The number of ether oxygens (including phenoxy) is 1. The van der Waals surface area contributed by atoms with Crippen molar-refractivity contribution in [2.45, 2.75) is 31.1 Å². The van der Waals surface area contributed by atoms with E-state index in [0.717, 1.165) is 5.56 Å². The highest BCUT2D eigenvalue weighted by molar-refractivity contribution is 6.30. The lowest BCUT2D eigenvalue weighted by atomic mass is 10.0. The molecule has 0 aromatic heterocycles. The predicted molar refractivity (Wildman–Crippen MR) is 66.1 cm³/mol. The second-order valence-corrected chi connectivity index (χ2v) is 4.75. The number of hydrogen-bond acceptors (Lipinski definition) is 5. The SMILES string of the molecule is OC1COC(NCc2ccc(Cl)cc2)C(O)C1O. The van der Waals surface area contributed by atoms with E-state index < -0.39 is 24.5 Å². The molecule has 4 unspecified atom stereocenters. The number of halogens is 1. The average Bonchev–Trinajstić information content (AvgIpc) is 2.37. The number of aliphatic hydroxyl groups excluding tert-OH is 3. The van der Waals surface area contributed by atoms with E-state index in [4.69, 9.17) is 16.3 Å². The Morgan fingerprint density at radius 1 is 1.17 bits per heavy atom. The molecule has 0 saturated carbocycles. The van der Waals surface area contributed by atoms with Gasteiger partial charge in [0.05, 0.1) is 6.61 Å². The van der Waals surface area contributed by atoms with Crippen LogP contribution in [0.1, 0.15) is 5.56 Å². The molecule has 0 spiro atoms. The summed E-state index contributed by atoms with van der Waals surface area (Å²) in [5, 5.41) is 32.2. The molecule has 0 aliphatic carbocycles. The van der Waals surface area contributed by atoms with Crippen LogP contribution in [-0.4, -0.2) is 46.5 Å². The van der Waals surface area contributed by atoms with Crippen LogP contribution in [0.4, 0.5) is 0 Å². The van der Waals surface area contributed by atoms with E-state index in [1.54, 1.807) is 12.1 Å². The second-order valence-electron chi connectivity index (χ2n) is 4.31. The van der Waals surface area contributed by atoms with Crippen LogP contribution in [0, 0.1) is 0 Å². The zero-order valence-electron chi connectivity index (χ0n) is 9.66. The van der Waals surface area contributed by atoms with Crippen LogP contribution in [0.3, 0.4) is 0 Å². The van der Waals surface area contributed by atoms with Gasteiger partial charge in [-0.25, -0.2) is 0 Å². The van der Waals surface area contributed by atoms with E-state index in [1.165, 1.54) is 0 Å². The Morgan fingerprint density at radius 3 is 2.50 bits per heavy atom. The van der Waals surface area contributed by atoms with Crippen molar-refractivity contribution in [1.29, 1.82) is 0 Å². The van der Waals surface area contributed by atoms with Gasteiger partial charge in [-0.05, 0) is 17.7 Å². The fourth-order valence-corrected chi connectivity index (χ4v) is 1.93. The fourth-order valence-electron chi connectivity index (χ4n) is 1.81. The van der Waals surface area contributed by atoms with Gasteiger partial charge < -0.3 is 20.1 Å². The van der Waals surface area contributed by atoms with Gasteiger partial charge in [-0.2, -0.15) is 0 Å². The van der Waals surface area contributed by atoms with E-state index in [0.29, 0.717) is 11.6 Å². The average molecular weight is 274 g/mol. The van der Waals surface area contributed by atoms with Crippen molar-refractivity contribution in [2.24, 2.45) is 0 Å². The van der Waals surface area contributed by atoms with Crippen molar-refractivity contribution in [1.82, 2.24) is 5.32 Å². The van der Waals surface area contributed by atoms with Crippen molar-refractivity contribution in [3.8, 4) is 0 Å². The van der Waals surface area contributed by atoms with Gasteiger partial charge in [0.1, 0.15) is 24.5 Å². The maximum atomic E-state index is 9.71. The molecule has 1 fully saturated rings. The molecule has 1 aromatic rings. The van der Waals surface area contributed by atoms with Gasteiger partial charge >= 0.3 is 0 Å². The van der Waals surface area contributed by atoms with Gasteiger partial charge in [-0.15, -0.1) is 0 Å². The Morgan fingerprint density at radius 2 is 1.83 bits per heavy atom. The van der Waals surface area contributed by atoms with Gasteiger partial charge in [0.2, 0.25) is 0 Å². The van der Waals surface area contributed by atoms with Crippen LogP contribution in [0.5, 0.6) is 0 Å². The zero-order chi connectivity index (χ0) is 13.1. The molecule has 5 nitrogen and oxygen atoms in total. The molecule has 1 heterocycles. The van der Waals surface area contributed by atoms with E-state index in [-0.39, 0.29) is 6.61 Å². The highest BCUT2D eigenvalue weighted by Gasteiger charge is 2.37. The molecule has 100 valence electrons. The van der Waals surface area contributed by atoms with Gasteiger partial charge in [-0.1, -0.05) is 23.7 Å². The Hall–Kier alpha value is -0.690. The number of benzene rings is 1. The summed E-state index contributed by atoms with van der Waals surface area (Å²) in [6.45, 7) is 0.470. The molecule has 0 bridgehead atoms. The second kappa shape index (κ2) is 5.97. The first-order valence-corrected chi connectivity index (χ1v) is 6.09. The van der Waals surface area contributed by atoms with Crippen LogP contribution in [0.15, 0.2) is 24.3 Å². The first kappa shape index (κ1) is 13.7. The normalized spacial score (nSPS) is 32.4. The van der Waals surface area contributed by atoms with E-state index >= 15 is 0 Å². The predicted octanol–water partition coefficient (Wildman–Crippen LogP) is -0.131. The lowest BCUT2D eigenvalue weighted by Gasteiger charge is -2.35. The molecule has 1 saturated heterocycles. The summed E-state index contributed by atoms with van der Waals surface area (Å²) in [4.78, 5) is 0. The molecular weight excluding hydrogens is 258 g/mol. The van der Waals surface area contributed by atoms with Crippen LogP contribution in [0.25, 0.3) is 0 Å². The standard InChI is InChI=1S/C12H16ClNO4/c13-8-3-1-7(2-4-8)5-14-12-11(17)10(16)9(15)6-18-12/h1-4,9-12,14-17H,5-6H2. The van der Waals surface area contributed by atoms with Crippen molar-refractivity contribution >= 4 is 11.6 Å². The van der Waals surface area contributed by atoms with Crippen LogP contribution < -0.4 is 5.32 Å². The highest BCUT2D eigenvalue weighted by Crippen LogP contribution is 2.15. The minimum atomic E-state index is -1.19. The Balaban J connectivity index is 1.88. The monoisotopic (exact) mass is 273 g/mol. The summed E-state index contributed by atoms with van der Waals surface area (Å²) >= 11 is 5.77. The van der Waals surface area contributed by atoms with E-state index in [2.05, 4.69) is 5.32 Å². The number of rotatable bonds is 3. The first-order chi connectivity index (χ1) is 8.58. The molecule has 18 heavy (non-hydrogen) atoms. The quantitative estimate of drug-likeness (QED) is 0.617. The first-order valence-electron chi connectivity index (χ1n) is 5.71. The summed E-state index contributed by atoms with van der Waals surface area (Å²) in [5.41, 5.74) is 0.982. The maximum Gasteiger partial charge on any atom is 0.137 e. The summed E-state index contributed by atoms with van der Waals surface area (Å²) in [6, 6.07) is 7.26. The highest BCUT2D eigenvalue weighted by atomic mass is 35.5. The summed E-state index contributed by atoms with van der Waals surface area (Å²) in [6.07, 6.45) is -4.09. The summed E-state index contributed by atoms with van der Waals surface area (Å²) in [5.74, 6) is 0. The van der Waals surface area contributed by atoms with Crippen LogP contribution in [0.2, 0.25) is 5.02 Å². The molecule has 6 heteroatoms. The third-order valence-electron chi connectivity index (χ3n) is 2.92. The third kappa shape index (κ3) is 3.20. The van der Waals surface area contributed by atoms with Gasteiger partial charge in [0.15, 0.2) is 0 Å². The Kier molecular flexibility index (Phi) is 4.55. The number of hydrogen-bond donors (Lipinski definition) is 4. The molecule has 1 aromatic carbocycles. The Bertz CT molecular complexity index is 386.